The number of nitrogen functional groups attached to an aromatic ring is 1. The smallest absolute Gasteiger partial charge is 0.243 e. The molecule has 9 heteroatoms. The molecule has 0 aliphatic heterocycles. The van der Waals surface area contributed by atoms with E-state index in [9.17, 15) is 4.39 Å². The van der Waals surface area contributed by atoms with Gasteiger partial charge in [0.05, 0.1) is 19.3 Å². The molecule has 0 atom stereocenters. The summed E-state index contributed by atoms with van der Waals surface area (Å²) in [5.74, 6) is 0.534. The first-order chi connectivity index (χ1) is 12.2. The Balaban J connectivity index is 1.88. The summed E-state index contributed by atoms with van der Waals surface area (Å²) in [7, 11) is 1.54. The maximum Gasteiger partial charge on any atom is 0.243 e. The third-order valence-corrected chi connectivity index (χ3v) is 4.02. The third kappa shape index (κ3) is 2.53. The molecule has 3 aromatic heterocycles. The van der Waals surface area contributed by atoms with Gasteiger partial charge in [0.1, 0.15) is 11.0 Å². The zero-order valence-corrected chi connectivity index (χ0v) is 13.6. The topological polar surface area (TPSA) is 96.2 Å². The van der Waals surface area contributed by atoms with Crippen molar-refractivity contribution in [1.29, 1.82) is 0 Å². The van der Waals surface area contributed by atoms with Crippen LogP contribution < -0.4 is 10.5 Å². The van der Waals surface area contributed by atoms with Gasteiger partial charge in [0.2, 0.25) is 11.8 Å². The van der Waals surface area contributed by atoms with Crippen LogP contribution in [0, 0.1) is 0 Å². The van der Waals surface area contributed by atoms with Crippen molar-refractivity contribution in [1.82, 2.24) is 29.6 Å². The average Bonchev–Trinajstić information content (AvgIpc) is 3.22. The molecule has 0 aliphatic carbocycles. The minimum atomic E-state index is -0.388. The van der Waals surface area contributed by atoms with E-state index in [1.165, 1.54) is 7.11 Å². The van der Waals surface area contributed by atoms with Crippen molar-refractivity contribution in [2.45, 2.75) is 13.0 Å². The van der Waals surface area contributed by atoms with E-state index in [-0.39, 0.29) is 12.6 Å². The van der Waals surface area contributed by atoms with E-state index in [0.717, 1.165) is 27.7 Å². The first-order valence-corrected chi connectivity index (χ1v) is 7.79. The van der Waals surface area contributed by atoms with E-state index in [2.05, 4.69) is 20.4 Å². The van der Waals surface area contributed by atoms with Crippen LogP contribution >= 0.6 is 0 Å². The quantitative estimate of drug-likeness (QED) is 0.597. The van der Waals surface area contributed by atoms with E-state index < -0.39 is 0 Å². The maximum absolute atomic E-state index is 12.5. The number of nitrogens with zero attached hydrogens (tertiary/aromatic N) is 6. The van der Waals surface area contributed by atoms with Gasteiger partial charge in [-0.3, -0.25) is 4.39 Å². The van der Waals surface area contributed by atoms with Gasteiger partial charge in [-0.2, -0.15) is 4.98 Å². The monoisotopic (exact) mass is 341 g/mol. The Labute approximate surface area is 142 Å². The van der Waals surface area contributed by atoms with Gasteiger partial charge >= 0.3 is 0 Å². The van der Waals surface area contributed by atoms with Crippen molar-refractivity contribution >= 4 is 22.5 Å². The molecule has 0 bridgehead atoms. The summed E-state index contributed by atoms with van der Waals surface area (Å²) in [6.45, 7) is 0.0943. The first kappa shape index (κ1) is 15.3. The van der Waals surface area contributed by atoms with E-state index in [0.29, 0.717) is 18.8 Å². The predicted molar refractivity (Wildman–Crippen MR) is 91.1 cm³/mol. The minimum Gasteiger partial charge on any atom is -0.479 e. The Morgan fingerprint density at radius 3 is 2.96 bits per heavy atom. The largest absolute Gasteiger partial charge is 0.479 e. The Morgan fingerprint density at radius 2 is 2.16 bits per heavy atom. The van der Waals surface area contributed by atoms with E-state index in [4.69, 9.17) is 10.5 Å². The summed E-state index contributed by atoms with van der Waals surface area (Å²) in [5, 5.41) is 12.4. The number of halogens is 1. The number of aromatic nitrogens is 6. The van der Waals surface area contributed by atoms with Crippen LogP contribution in [0.2, 0.25) is 0 Å². The molecule has 0 saturated carbocycles. The fraction of sp³-hybridized carbons (Fsp3) is 0.250. The number of hydrogen-bond acceptors (Lipinski definition) is 6. The molecule has 4 rings (SSSR count). The number of ether oxygens (including phenoxy) is 1. The normalized spacial score (nSPS) is 11.4. The number of alkyl halides is 1. The van der Waals surface area contributed by atoms with Crippen molar-refractivity contribution < 1.29 is 9.13 Å². The number of benzene rings is 1. The molecule has 8 nitrogen and oxygen atoms in total. The van der Waals surface area contributed by atoms with Crippen molar-refractivity contribution in [3.8, 4) is 17.0 Å². The van der Waals surface area contributed by atoms with Crippen LogP contribution in [0.3, 0.4) is 0 Å². The lowest BCUT2D eigenvalue weighted by molar-refractivity contribution is 0.400. The van der Waals surface area contributed by atoms with Gasteiger partial charge in [-0.25, -0.2) is 9.20 Å². The highest BCUT2D eigenvalue weighted by Gasteiger charge is 2.15. The maximum atomic E-state index is 12.5. The van der Waals surface area contributed by atoms with Crippen LogP contribution in [0.15, 0.2) is 30.5 Å². The van der Waals surface area contributed by atoms with Crippen LogP contribution in [0.5, 0.6) is 5.88 Å². The van der Waals surface area contributed by atoms with Gasteiger partial charge in [-0.15, -0.1) is 10.2 Å². The Kier molecular flexibility index (Phi) is 3.68. The highest BCUT2D eigenvalue weighted by atomic mass is 19.1. The highest BCUT2D eigenvalue weighted by Crippen LogP contribution is 2.32. The van der Waals surface area contributed by atoms with Gasteiger partial charge < -0.3 is 10.5 Å². The number of hydrogen-bond donors (Lipinski definition) is 1. The summed E-state index contributed by atoms with van der Waals surface area (Å²) in [6, 6.07) is 7.72. The van der Waals surface area contributed by atoms with Gasteiger partial charge in [0.25, 0.3) is 0 Å². The molecule has 3 heterocycles. The lowest BCUT2D eigenvalue weighted by Gasteiger charge is -2.07. The van der Waals surface area contributed by atoms with Gasteiger partial charge in [-0.1, -0.05) is 11.3 Å². The molecule has 0 amide bonds. The number of nitrogens with two attached hydrogens (primary N) is 1. The van der Waals surface area contributed by atoms with Crippen LogP contribution in [-0.2, 0) is 6.54 Å². The SMILES string of the molecule is COc1nc(N)nn2ccc(-c3ccc4nnn(CCCF)c4c3)c12. The molecule has 0 unspecified atom stereocenters. The minimum absolute atomic E-state index is 0.135. The van der Waals surface area contributed by atoms with Crippen molar-refractivity contribution in [2.75, 3.05) is 19.5 Å². The second-order valence-corrected chi connectivity index (χ2v) is 5.56. The number of fused-ring (bicyclic) bond motifs is 2. The third-order valence-electron chi connectivity index (χ3n) is 4.02. The number of aryl methyl sites for hydroxylation is 1. The number of methoxy groups -OCH3 is 1. The Morgan fingerprint density at radius 1 is 1.28 bits per heavy atom. The molecule has 4 aromatic rings. The second kappa shape index (κ2) is 6.00. The fourth-order valence-electron chi connectivity index (χ4n) is 2.89. The number of rotatable bonds is 5. The molecule has 0 spiro atoms. The molecule has 0 saturated heterocycles. The van der Waals surface area contributed by atoms with Crippen molar-refractivity contribution in [3.05, 3.63) is 30.5 Å². The molecule has 1 aromatic carbocycles. The fourth-order valence-corrected chi connectivity index (χ4v) is 2.89. The van der Waals surface area contributed by atoms with Crippen LogP contribution in [0.1, 0.15) is 6.42 Å². The standard InChI is InChI=1S/C16H16FN7O/c1-25-15-14-11(5-8-24(14)21-16(18)19-15)10-3-4-12-13(9-10)23(22-20-12)7-2-6-17/h3-5,8-9H,2,6-7H2,1H3,(H2,18,21). The lowest BCUT2D eigenvalue weighted by atomic mass is 10.1. The van der Waals surface area contributed by atoms with Crippen LogP contribution in [-0.4, -0.2) is 43.4 Å². The molecule has 0 aliphatic rings. The van der Waals surface area contributed by atoms with Gasteiger partial charge in [0.15, 0.2) is 0 Å². The van der Waals surface area contributed by atoms with Gasteiger partial charge in [-0.05, 0) is 30.2 Å². The number of anilines is 1. The predicted octanol–water partition coefficient (Wildman–Crippen LogP) is 2.09. The van der Waals surface area contributed by atoms with Crippen molar-refractivity contribution in [3.63, 3.8) is 0 Å². The van der Waals surface area contributed by atoms with Crippen LogP contribution in [0.4, 0.5) is 10.3 Å². The first-order valence-electron chi connectivity index (χ1n) is 7.79. The van der Waals surface area contributed by atoms with Gasteiger partial charge in [0, 0.05) is 18.3 Å². The summed E-state index contributed by atoms with van der Waals surface area (Å²) < 4.78 is 21.2. The summed E-state index contributed by atoms with van der Waals surface area (Å²) >= 11 is 0. The van der Waals surface area contributed by atoms with E-state index in [1.54, 1.807) is 15.4 Å². The zero-order chi connectivity index (χ0) is 17.4. The second-order valence-electron chi connectivity index (χ2n) is 5.56. The molecule has 0 fully saturated rings. The highest BCUT2D eigenvalue weighted by molar-refractivity contribution is 5.89. The summed E-state index contributed by atoms with van der Waals surface area (Å²) in [4.78, 5) is 4.14. The molecular formula is C16H16FN7O. The van der Waals surface area contributed by atoms with E-state index >= 15 is 0 Å². The van der Waals surface area contributed by atoms with Crippen LogP contribution in [0.25, 0.3) is 27.7 Å². The average molecular weight is 341 g/mol. The molecule has 25 heavy (non-hydrogen) atoms. The van der Waals surface area contributed by atoms with E-state index in [1.807, 2.05) is 24.3 Å². The molecule has 2 N–H and O–H groups in total. The van der Waals surface area contributed by atoms with Crippen molar-refractivity contribution in [2.24, 2.45) is 0 Å². The summed E-state index contributed by atoms with van der Waals surface area (Å²) in [5.41, 5.74) is 9.87. The Bertz CT molecular complexity index is 1060. The lowest BCUT2D eigenvalue weighted by Crippen LogP contribution is -2.03. The molecular weight excluding hydrogens is 325 g/mol. The Hall–Kier alpha value is -3.23. The zero-order valence-electron chi connectivity index (χ0n) is 13.6. The summed E-state index contributed by atoms with van der Waals surface area (Å²) in [6.07, 6.45) is 2.20. The molecule has 0 radical (unpaired) electrons. The molecule has 128 valence electrons.